The summed E-state index contributed by atoms with van der Waals surface area (Å²) in [5.74, 6) is 0.804. The molecule has 0 aliphatic carbocycles. The van der Waals surface area contributed by atoms with Crippen LogP contribution in [0.1, 0.15) is 39.3 Å². The number of aromatic nitrogens is 2. The summed E-state index contributed by atoms with van der Waals surface area (Å²) >= 11 is 0. The van der Waals surface area contributed by atoms with E-state index in [0.717, 1.165) is 30.9 Å². The number of aryl methyl sites for hydroxylation is 1. The molecule has 0 radical (unpaired) electrons. The smallest absolute Gasteiger partial charge is 0.410 e. The third-order valence-corrected chi connectivity index (χ3v) is 3.23. The second-order valence-electron chi connectivity index (χ2n) is 6.45. The van der Waals surface area contributed by atoms with Gasteiger partial charge in [-0.2, -0.15) is 0 Å². The van der Waals surface area contributed by atoms with Crippen LogP contribution in [0.25, 0.3) is 0 Å². The van der Waals surface area contributed by atoms with Crippen molar-refractivity contribution in [1.29, 1.82) is 0 Å². The molecule has 1 aromatic heterocycles. The van der Waals surface area contributed by atoms with Gasteiger partial charge >= 0.3 is 6.09 Å². The quantitative estimate of drug-likeness (QED) is 0.907. The molecular formula is C15H24N4O2. The monoisotopic (exact) mass is 292 g/mol. The topological polar surface area (TPSA) is 67.4 Å². The molecule has 2 heterocycles. The molecule has 0 aromatic carbocycles. The highest BCUT2D eigenvalue weighted by molar-refractivity contribution is 5.68. The van der Waals surface area contributed by atoms with E-state index in [1.807, 2.05) is 33.8 Å². The summed E-state index contributed by atoms with van der Waals surface area (Å²) in [5, 5.41) is 3.37. The maximum Gasteiger partial charge on any atom is 0.410 e. The first-order chi connectivity index (χ1) is 9.83. The number of nitrogens with one attached hydrogen (secondary N) is 1. The predicted octanol–water partition coefficient (Wildman–Crippen LogP) is 2.60. The SMILES string of the molecule is Cc1cc(NC2CCCN(C(=O)OC(C)(C)C)C2)ncn1. The highest BCUT2D eigenvalue weighted by atomic mass is 16.6. The molecule has 0 bridgehead atoms. The fraction of sp³-hybridized carbons (Fsp3) is 0.667. The number of ether oxygens (including phenoxy) is 1. The summed E-state index contributed by atoms with van der Waals surface area (Å²) in [6.45, 7) is 8.96. The van der Waals surface area contributed by atoms with E-state index in [0.29, 0.717) is 6.54 Å². The number of rotatable bonds is 2. The van der Waals surface area contributed by atoms with Gasteiger partial charge < -0.3 is 15.0 Å². The van der Waals surface area contributed by atoms with Gasteiger partial charge in [-0.05, 0) is 40.5 Å². The van der Waals surface area contributed by atoms with Crippen LogP contribution in [0.5, 0.6) is 0 Å². The second-order valence-corrected chi connectivity index (χ2v) is 6.45. The van der Waals surface area contributed by atoms with Gasteiger partial charge in [0.2, 0.25) is 0 Å². The number of likely N-dealkylation sites (tertiary alicyclic amines) is 1. The van der Waals surface area contributed by atoms with Crippen LogP contribution in [0.15, 0.2) is 12.4 Å². The summed E-state index contributed by atoms with van der Waals surface area (Å²) in [4.78, 5) is 22.2. The van der Waals surface area contributed by atoms with E-state index in [1.54, 1.807) is 11.2 Å². The molecule has 1 aliphatic heterocycles. The predicted molar refractivity (Wildman–Crippen MR) is 81.2 cm³/mol. The number of carbonyl (C=O) groups is 1. The molecule has 1 atom stereocenters. The lowest BCUT2D eigenvalue weighted by molar-refractivity contribution is 0.0206. The Bertz CT molecular complexity index is 499. The van der Waals surface area contributed by atoms with Crippen LogP contribution >= 0.6 is 0 Å². The van der Waals surface area contributed by atoms with Crippen LogP contribution < -0.4 is 5.32 Å². The van der Waals surface area contributed by atoms with Gasteiger partial charge in [-0.15, -0.1) is 0 Å². The summed E-state index contributed by atoms with van der Waals surface area (Å²) in [6, 6.07) is 2.10. The van der Waals surface area contributed by atoms with Gasteiger partial charge in [0, 0.05) is 30.9 Å². The van der Waals surface area contributed by atoms with Crippen LogP contribution in [-0.2, 0) is 4.74 Å². The number of nitrogens with zero attached hydrogens (tertiary/aromatic N) is 3. The van der Waals surface area contributed by atoms with E-state index in [-0.39, 0.29) is 12.1 Å². The first-order valence-electron chi connectivity index (χ1n) is 7.36. The average molecular weight is 292 g/mol. The summed E-state index contributed by atoms with van der Waals surface area (Å²) in [5.41, 5.74) is 0.466. The molecule has 21 heavy (non-hydrogen) atoms. The van der Waals surface area contributed by atoms with Gasteiger partial charge in [-0.25, -0.2) is 14.8 Å². The second kappa shape index (κ2) is 6.28. The molecule has 1 unspecified atom stereocenters. The van der Waals surface area contributed by atoms with Crippen LogP contribution in [-0.4, -0.2) is 45.7 Å². The highest BCUT2D eigenvalue weighted by Crippen LogP contribution is 2.17. The maximum absolute atomic E-state index is 12.1. The van der Waals surface area contributed by atoms with Crippen molar-refractivity contribution in [3.63, 3.8) is 0 Å². The normalized spacial score (nSPS) is 19.2. The Morgan fingerprint density at radius 2 is 2.19 bits per heavy atom. The van der Waals surface area contributed by atoms with Gasteiger partial charge in [-0.3, -0.25) is 0 Å². The molecule has 6 heteroatoms. The Balaban J connectivity index is 1.93. The number of carbonyl (C=O) groups excluding carboxylic acids is 1. The fourth-order valence-electron chi connectivity index (χ4n) is 2.33. The molecule has 1 fully saturated rings. The molecule has 1 aromatic rings. The van der Waals surface area contributed by atoms with Crippen molar-refractivity contribution in [1.82, 2.24) is 14.9 Å². The van der Waals surface area contributed by atoms with E-state index in [9.17, 15) is 4.79 Å². The third-order valence-electron chi connectivity index (χ3n) is 3.23. The Labute approximate surface area is 125 Å². The zero-order valence-electron chi connectivity index (χ0n) is 13.2. The van der Waals surface area contributed by atoms with Gasteiger partial charge in [0.15, 0.2) is 0 Å². The molecular weight excluding hydrogens is 268 g/mol. The summed E-state index contributed by atoms with van der Waals surface area (Å²) < 4.78 is 5.43. The zero-order valence-corrected chi connectivity index (χ0v) is 13.2. The fourth-order valence-corrected chi connectivity index (χ4v) is 2.33. The van der Waals surface area contributed by atoms with E-state index in [1.165, 1.54) is 0 Å². The summed E-state index contributed by atoms with van der Waals surface area (Å²) in [7, 11) is 0. The van der Waals surface area contributed by atoms with E-state index < -0.39 is 5.60 Å². The largest absolute Gasteiger partial charge is 0.444 e. The molecule has 116 valence electrons. The molecule has 2 rings (SSSR count). The number of hydrogen-bond acceptors (Lipinski definition) is 5. The zero-order chi connectivity index (χ0) is 15.5. The number of piperidine rings is 1. The number of hydrogen-bond donors (Lipinski definition) is 1. The lowest BCUT2D eigenvalue weighted by atomic mass is 10.1. The Hall–Kier alpha value is -1.85. The average Bonchev–Trinajstić information content (AvgIpc) is 2.37. The summed E-state index contributed by atoms with van der Waals surface area (Å²) in [6.07, 6.45) is 3.28. The molecule has 0 spiro atoms. The highest BCUT2D eigenvalue weighted by Gasteiger charge is 2.27. The molecule has 1 aliphatic rings. The lowest BCUT2D eigenvalue weighted by Crippen LogP contribution is -2.47. The van der Waals surface area contributed by atoms with Gasteiger partial charge in [0.1, 0.15) is 17.7 Å². The van der Waals surface area contributed by atoms with Crippen molar-refractivity contribution >= 4 is 11.9 Å². The van der Waals surface area contributed by atoms with Crippen molar-refractivity contribution < 1.29 is 9.53 Å². The first-order valence-corrected chi connectivity index (χ1v) is 7.36. The standard InChI is InChI=1S/C15H24N4O2/c1-11-8-13(17-10-16-11)18-12-6-5-7-19(9-12)14(20)21-15(2,3)4/h8,10,12H,5-7,9H2,1-4H3,(H,16,17,18). The number of anilines is 1. The van der Waals surface area contributed by atoms with Crippen molar-refractivity contribution in [2.24, 2.45) is 0 Å². The van der Waals surface area contributed by atoms with Crippen LogP contribution in [0, 0.1) is 6.92 Å². The van der Waals surface area contributed by atoms with E-state index in [4.69, 9.17) is 4.74 Å². The van der Waals surface area contributed by atoms with Crippen LogP contribution in [0.3, 0.4) is 0 Å². The van der Waals surface area contributed by atoms with Gasteiger partial charge in [0.05, 0.1) is 0 Å². The molecule has 0 saturated carbocycles. The van der Waals surface area contributed by atoms with E-state index in [2.05, 4.69) is 15.3 Å². The Morgan fingerprint density at radius 1 is 1.43 bits per heavy atom. The third kappa shape index (κ3) is 4.88. The lowest BCUT2D eigenvalue weighted by Gasteiger charge is -2.34. The van der Waals surface area contributed by atoms with Crippen LogP contribution in [0.2, 0.25) is 0 Å². The minimum Gasteiger partial charge on any atom is -0.444 e. The van der Waals surface area contributed by atoms with Crippen molar-refractivity contribution in [2.75, 3.05) is 18.4 Å². The first kappa shape index (κ1) is 15.5. The van der Waals surface area contributed by atoms with Crippen molar-refractivity contribution in [3.8, 4) is 0 Å². The Morgan fingerprint density at radius 3 is 2.86 bits per heavy atom. The van der Waals surface area contributed by atoms with E-state index >= 15 is 0 Å². The molecule has 6 nitrogen and oxygen atoms in total. The number of amides is 1. The van der Waals surface area contributed by atoms with Crippen LogP contribution in [0.4, 0.5) is 10.6 Å². The van der Waals surface area contributed by atoms with Crippen molar-refractivity contribution in [3.05, 3.63) is 18.1 Å². The molecule has 1 amide bonds. The minimum absolute atomic E-state index is 0.195. The Kier molecular flexibility index (Phi) is 4.65. The minimum atomic E-state index is -0.457. The maximum atomic E-state index is 12.1. The van der Waals surface area contributed by atoms with Gasteiger partial charge in [-0.1, -0.05) is 0 Å². The van der Waals surface area contributed by atoms with Crippen molar-refractivity contribution in [2.45, 2.75) is 52.2 Å². The molecule has 1 N–H and O–H groups in total. The van der Waals surface area contributed by atoms with Gasteiger partial charge in [0.25, 0.3) is 0 Å². The molecule has 1 saturated heterocycles.